The molecule has 5 heteroatoms. The SMILES string of the molecule is COc1cccc(COc2ccc3c(=O)c(-c4ccccc4OC)c(C)oc3c2)c1. The Morgan fingerprint density at radius 1 is 0.867 bits per heavy atom. The highest BCUT2D eigenvalue weighted by atomic mass is 16.5. The lowest BCUT2D eigenvalue weighted by Crippen LogP contribution is -2.08. The smallest absolute Gasteiger partial charge is 0.200 e. The van der Waals surface area contributed by atoms with E-state index < -0.39 is 0 Å². The van der Waals surface area contributed by atoms with Gasteiger partial charge in [0, 0.05) is 11.6 Å². The molecule has 152 valence electrons. The minimum absolute atomic E-state index is 0.0994. The van der Waals surface area contributed by atoms with Gasteiger partial charge in [0.05, 0.1) is 25.2 Å². The number of para-hydroxylation sites is 1. The molecule has 4 rings (SSSR count). The van der Waals surface area contributed by atoms with Crippen molar-refractivity contribution in [1.82, 2.24) is 0 Å². The Morgan fingerprint density at radius 2 is 1.70 bits per heavy atom. The number of rotatable bonds is 6. The fourth-order valence-corrected chi connectivity index (χ4v) is 3.47. The first-order valence-electron chi connectivity index (χ1n) is 9.57. The van der Waals surface area contributed by atoms with E-state index in [9.17, 15) is 4.79 Å². The number of benzene rings is 3. The molecule has 0 bridgehead atoms. The Balaban J connectivity index is 1.68. The van der Waals surface area contributed by atoms with Gasteiger partial charge in [-0.05, 0) is 42.8 Å². The molecular formula is C25H22O5. The van der Waals surface area contributed by atoms with Crippen molar-refractivity contribution in [2.24, 2.45) is 0 Å². The van der Waals surface area contributed by atoms with E-state index >= 15 is 0 Å². The lowest BCUT2D eigenvalue weighted by molar-refractivity contribution is 0.305. The summed E-state index contributed by atoms with van der Waals surface area (Å²) >= 11 is 0. The quantitative estimate of drug-likeness (QED) is 0.434. The second-order valence-electron chi connectivity index (χ2n) is 6.86. The summed E-state index contributed by atoms with van der Waals surface area (Å²) in [5.74, 6) is 2.56. The van der Waals surface area contributed by atoms with Gasteiger partial charge in [0.1, 0.15) is 35.2 Å². The lowest BCUT2D eigenvalue weighted by atomic mass is 10.0. The summed E-state index contributed by atoms with van der Waals surface area (Å²) in [5, 5.41) is 0.496. The van der Waals surface area contributed by atoms with Gasteiger partial charge in [-0.25, -0.2) is 0 Å². The maximum absolute atomic E-state index is 13.2. The van der Waals surface area contributed by atoms with Gasteiger partial charge in [-0.2, -0.15) is 0 Å². The second-order valence-corrected chi connectivity index (χ2v) is 6.86. The second kappa shape index (κ2) is 8.33. The van der Waals surface area contributed by atoms with Crippen LogP contribution in [0.4, 0.5) is 0 Å². The summed E-state index contributed by atoms with van der Waals surface area (Å²) < 4.78 is 22.6. The van der Waals surface area contributed by atoms with E-state index in [1.165, 1.54) is 0 Å². The third-order valence-electron chi connectivity index (χ3n) is 4.96. The molecule has 0 amide bonds. The Morgan fingerprint density at radius 3 is 2.50 bits per heavy atom. The van der Waals surface area contributed by atoms with E-state index in [0.29, 0.717) is 46.0 Å². The van der Waals surface area contributed by atoms with Crippen LogP contribution in [0.3, 0.4) is 0 Å². The van der Waals surface area contributed by atoms with Crippen LogP contribution in [-0.4, -0.2) is 14.2 Å². The van der Waals surface area contributed by atoms with Gasteiger partial charge in [-0.1, -0.05) is 30.3 Å². The van der Waals surface area contributed by atoms with Crippen LogP contribution in [0.5, 0.6) is 17.2 Å². The summed E-state index contributed by atoms with van der Waals surface area (Å²) in [5.41, 5.74) is 2.59. The first-order valence-corrected chi connectivity index (χ1v) is 9.57. The van der Waals surface area contributed by atoms with Gasteiger partial charge in [-0.3, -0.25) is 4.79 Å². The zero-order valence-corrected chi connectivity index (χ0v) is 17.1. The van der Waals surface area contributed by atoms with Gasteiger partial charge in [0.25, 0.3) is 0 Å². The zero-order chi connectivity index (χ0) is 21.1. The molecule has 0 aliphatic heterocycles. The van der Waals surface area contributed by atoms with Crippen LogP contribution >= 0.6 is 0 Å². The highest BCUT2D eigenvalue weighted by Gasteiger charge is 2.17. The Kier molecular flexibility index (Phi) is 5.44. The van der Waals surface area contributed by atoms with Crippen molar-refractivity contribution in [3.05, 3.63) is 88.3 Å². The first-order chi connectivity index (χ1) is 14.6. The molecule has 0 N–H and O–H groups in total. The average Bonchev–Trinajstić information content (AvgIpc) is 2.78. The maximum Gasteiger partial charge on any atom is 0.200 e. The molecule has 4 aromatic rings. The summed E-state index contributed by atoms with van der Waals surface area (Å²) in [7, 11) is 3.22. The van der Waals surface area contributed by atoms with E-state index in [2.05, 4.69) is 0 Å². The zero-order valence-electron chi connectivity index (χ0n) is 17.1. The van der Waals surface area contributed by atoms with Crippen LogP contribution in [-0.2, 0) is 6.61 Å². The van der Waals surface area contributed by atoms with E-state index in [4.69, 9.17) is 18.6 Å². The Bertz CT molecular complexity index is 1260. The summed E-state index contributed by atoms with van der Waals surface area (Å²) in [6.07, 6.45) is 0. The molecule has 0 radical (unpaired) electrons. The number of ether oxygens (including phenoxy) is 3. The van der Waals surface area contributed by atoms with Crippen molar-refractivity contribution >= 4 is 11.0 Å². The van der Waals surface area contributed by atoms with Crippen molar-refractivity contribution in [2.75, 3.05) is 14.2 Å². The molecule has 1 aromatic heterocycles. The van der Waals surface area contributed by atoms with Gasteiger partial charge in [0.2, 0.25) is 5.43 Å². The molecule has 5 nitrogen and oxygen atoms in total. The number of fused-ring (bicyclic) bond motifs is 1. The normalized spacial score (nSPS) is 10.8. The van der Waals surface area contributed by atoms with E-state index in [0.717, 1.165) is 11.3 Å². The number of hydrogen-bond acceptors (Lipinski definition) is 5. The predicted molar refractivity (Wildman–Crippen MR) is 117 cm³/mol. The molecule has 3 aromatic carbocycles. The monoisotopic (exact) mass is 402 g/mol. The van der Waals surface area contributed by atoms with Crippen LogP contribution in [0.15, 0.2) is 75.9 Å². The van der Waals surface area contributed by atoms with Gasteiger partial charge >= 0.3 is 0 Å². The van der Waals surface area contributed by atoms with E-state index in [1.54, 1.807) is 39.3 Å². The lowest BCUT2D eigenvalue weighted by Gasteiger charge is -2.12. The van der Waals surface area contributed by atoms with Crippen molar-refractivity contribution in [3.63, 3.8) is 0 Å². The fourth-order valence-electron chi connectivity index (χ4n) is 3.47. The number of hydrogen-bond donors (Lipinski definition) is 0. The largest absolute Gasteiger partial charge is 0.497 e. The van der Waals surface area contributed by atoms with Crippen LogP contribution in [0, 0.1) is 6.92 Å². The summed E-state index contributed by atoms with van der Waals surface area (Å²) in [6.45, 7) is 2.16. The van der Waals surface area contributed by atoms with Crippen LogP contribution < -0.4 is 19.6 Å². The van der Waals surface area contributed by atoms with Crippen LogP contribution in [0.1, 0.15) is 11.3 Å². The third-order valence-corrected chi connectivity index (χ3v) is 4.96. The first kappa shape index (κ1) is 19.6. The topological polar surface area (TPSA) is 57.9 Å². The Labute approximate surface area is 174 Å². The van der Waals surface area contributed by atoms with Crippen molar-refractivity contribution in [3.8, 4) is 28.4 Å². The number of methoxy groups -OCH3 is 2. The van der Waals surface area contributed by atoms with E-state index in [-0.39, 0.29) is 5.43 Å². The maximum atomic E-state index is 13.2. The molecule has 0 aliphatic carbocycles. The third kappa shape index (κ3) is 3.74. The molecule has 0 spiro atoms. The van der Waals surface area contributed by atoms with Crippen molar-refractivity contribution in [1.29, 1.82) is 0 Å². The standard InChI is InChI=1S/C25H22O5/c1-16-24(20-9-4-5-10-22(20)28-3)25(26)21-12-11-19(14-23(21)30-16)29-15-17-7-6-8-18(13-17)27-2/h4-14H,15H2,1-3H3. The molecule has 30 heavy (non-hydrogen) atoms. The average molecular weight is 402 g/mol. The van der Waals surface area contributed by atoms with Gasteiger partial charge < -0.3 is 18.6 Å². The minimum atomic E-state index is -0.0994. The summed E-state index contributed by atoms with van der Waals surface area (Å²) in [6, 6.07) is 20.4. The van der Waals surface area contributed by atoms with E-state index in [1.807, 2.05) is 48.5 Å². The van der Waals surface area contributed by atoms with Gasteiger partial charge in [0.15, 0.2) is 0 Å². The summed E-state index contributed by atoms with van der Waals surface area (Å²) in [4.78, 5) is 13.2. The van der Waals surface area contributed by atoms with Gasteiger partial charge in [-0.15, -0.1) is 0 Å². The fraction of sp³-hybridized carbons (Fsp3) is 0.160. The number of aryl methyl sites for hydroxylation is 1. The highest BCUT2D eigenvalue weighted by molar-refractivity contribution is 5.85. The molecule has 0 saturated carbocycles. The molecule has 0 fully saturated rings. The Hall–Kier alpha value is -3.73. The highest BCUT2D eigenvalue weighted by Crippen LogP contribution is 2.32. The van der Waals surface area contributed by atoms with Crippen molar-refractivity contribution < 1.29 is 18.6 Å². The predicted octanol–water partition coefficient (Wildman–Crippen LogP) is 5.36. The molecule has 1 heterocycles. The molecule has 0 atom stereocenters. The van der Waals surface area contributed by atoms with Crippen LogP contribution in [0.25, 0.3) is 22.1 Å². The molecular weight excluding hydrogens is 380 g/mol. The van der Waals surface area contributed by atoms with Crippen LogP contribution in [0.2, 0.25) is 0 Å². The molecule has 0 unspecified atom stereocenters. The minimum Gasteiger partial charge on any atom is -0.497 e. The molecule has 0 aliphatic rings. The van der Waals surface area contributed by atoms with Crippen molar-refractivity contribution in [2.45, 2.75) is 13.5 Å². The molecule has 0 saturated heterocycles.